The van der Waals surface area contributed by atoms with Crippen molar-refractivity contribution < 1.29 is 9.18 Å². The molecule has 7 heteroatoms. The van der Waals surface area contributed by atoms with Crippen LogP contribution in [0.15, 0.2) is 72.9 Å². The van der Waals surface area contributed by atoms with Crippen LogP contribution in [0, 0.1) is 5.82 Å². The summed E-state index contributed by atoms with van der Waals surface area (Å²) in [6.07, 6.45) is 3.56. The highest BCUT2D eigenvalue weighted by molar-refractivity contribution is 5.76. The highest BCUT2D eigenvalue weighted by Gasteiger charge is 2.36. The SMILES string of the molecule is CCCNC(=O)N1Cc2c(CC)nn(-c3ccccc3)c2-n2cccc2[C@H]1c1cccc(F)c1. The average Bonchev–Trinajstić information content (AvgIpc) is 3.44. The quantitative estimate of drug-likeness (QED) is 0.437. The predicted molar refractivity (Wildman–Crippen MR) is 130 cm³/mol. The lowest BCUT2D eigenvalue weighted by atomic mass is 10.0. The third-order valence-corrected chi connectivity index (χ3v) is 6.26. The molecule has 2 amide bonds. The first kappa shape index (κ1) is 21.9. The van der Waals surface area contributed by atoms with Crippen molar-refractivity contribution in [2.45, 2.75) is 39.3 Å². The van der Waals surface area contributed by atoms with Gasteiger partial charge in [-0.2, -0.15) is 5.10 Å². The van der Waals surface area contributed by atoms with E-state index in [1.807, 2.05) is 66.3 Å². The summed E-state index contributed by atoms with van der Waals surface area (Å²) < 4.78 is 18.4. The Hall–Kier alpha value is -3.87. The summed E-state index contributed by atoms with van der Waals surface area (Å²) in [5.74, 6) is 0.589. The number of hydrogen-bond acceptors (Lipinski definition) is 2. The first-order chi connectivity index (χ1) is 16.6. The van der Waals surface area contributed by atoms with Crippen LogP contribution in [0.4, 0.5) is 9.18 Å². The average molecular weight is 458 g/mol. The number of carbonyl (C=O) groups excluding carboxylic acids is 1. The minimum absolute atomic E-state index is 0.175. The smallest absolute Gasteiger partial charge is 0.318 e. The zero-order valence-corrected chi connectivity index (χ0v) is 19.4. The summed E-state index contributed by atoms with van der Waals surface area (Å²) >= 11 is 0. The van der Waals surface area contributed by atoms with Crippen molar-refractivity contribution in [1.82, 2.24) is 24.6 Å². The second kappa shape index (κ2) is 9.17. The van der Waals surface area contributed by atoms with Crippen LogP contribution in [0.5, 0.6) is 0 Å². The van der Waals surface area contributed by atoms with E-state index in [4.69, 9.17) is 5.10 Å². The number of halogens is 1. The van der Waals surface area contributed by atoms with Crippen molar-refractivity contribution in [2.75, 3.05) is 6.54 Å². The van der Waals surface area contributed by atoms with Crippen molar-refractivity contribution in [3.8, 4) is 11.5 Å². The molecule has 0 fully saturated rings. The van der Waals surface area contributed by atoms with Gasteiger partial charge < -0.3 is 14.8 Å². The van der Waals surface area contributed by atoms with E-state index in [1.165, 1.54) is 12.1 Å². The van der Waals surface area contributed by atoms with E-state index in [0.717, 1.165) is 46.9 Å². The fourth-order valence-electron chi connectivity index (χ4n) is 4.71. The summed E-state index contributed by atoms with van der Waals surface area (Å²) in [5, 5.41) is 7.98. The number of hydrogen-bond donors (Lipinski definition) is 1. The van der Waals surface area contributed by atoms with Crippen LogP contribution in [-0.2, 0) is 13.0 Å². The molecule has 1 N–H and O–H groups in total. The molecule has 1 aliphatic rings. The number of benzene rings is 2. The van der Waals surface area contributed by atoms with Gasteiger partial charge in [-0.05, 0) is 54.8 Å². The maximum atomic E-state index is 14.3. The lowest BCUT2D eigenvalue weighted by molar-refractivity contribution is 0.180. The standard InChI is InChI=1S/C27H28FN5O/c1-3-15-29-27(34)32-18-22-23(4-2)30-33(21-12-6-5-7-13-21)26(22)31-16-9-14-24(31)25(32)19-10-8-11-20(28)17-19/h5-14,16-17,25H,3-4,15,18H2,1-2H3,(H,29,34)/t25-/m1/s1. The van der Waals surface area contributed by atoms with E-state index >= 15 is 0 Å². The topological polar surface area (TPSA) is 55.1 Å². The Kier molecular flexibility index (Phi) is 5.92. The van der Waals surface area contributed by atoms with Gasteiger partial charge in [0, 0.05) is 18.3 Å². The minimum atomic E-state index is -0.455. The molecule has 4 aromatic rings. The van der Waals surface area contributed by atoms with E-state index in [1.54, 1.807) is 11.0 Å². The number of fused-ring (bicyclic) bond motifs is 3. The van der Waals surface area contributed by atoms with Crippen LogP contribution in [-0.4, -0.2) is 31.8 Å². The van der Waals surface area contributed by atoms with Gasteiger partial charge in [0.25, 0.3) is 0 Å². The number of urea groups is 1. The Morgan fingerprint density at radius 1 is 1.09 bits per heavy atom. The molecule has 34 heavy (non-hydrogen) atoms. The largest absolute Gasteiger partial charge is 0.338 e. The number of amides is 2. The van der Waals surface area contributed by atoms with Gasteiger partial charge in [0.05, 0.1) is 29.7 Å². The molecule has 0 saturated heterocycles. The molecule has 3 heterocycles. The Labute approximate surface area is 198 Å². The molecular weight excluding hydrogens is 429 g/mol. The number of para-hydroxylation sites is 1. The Morgan fingerprint density at radius 2 is 1.91 bits per heavy atom. The summed E-state index contributed by atoms with van der Waals surface area (Å²) in [7, 11) is 0. The molecule has 0 saturated carbocycles. The van der Waals surface area contributed by atoms with Gasteiger partial charge in [0.1, 0.15) is 11.6 Å². The van der Waals surface area contributed by atoms with Gasteiger partial charge >= 0.3 is 6.03 Å². The molecular formula is C27H28FN5O. The Morgan fingerprint density at radius 3 is 2.65 bits per heavy atom. The van der Waals surface area contributed by atoms with Crippen molar-refractivity contribution in [3.05, 3.63) is 101 Å². The normalized spacial score (nSPS) is 14.9. The monoisotopic (exact) mass is 457 g/mol. The van der Waals surface area contributed by atoms with Gasteiger partial charge in [-0.15, -0.1) is 0 Å². The lowest BCUT2D eigenvalue weighted by Gasteiger charge is -2.31. The molecule has 0 spiro atoms. The second-order valence-electron chi connectivity index (χ2n) is 8.47. The van der Waals surface area contributed by atoms with E-state index in [0.29, 0.717) is 13.1 Å². The molecule has 0 unspecified atom stereocenters. The first-order valence-electron chi connectivity index (χ1n) is 11.8. The number of aryl methyl sites for hydroxylation is 1. The molecule has 0 aliphatic carbocycles. The van der Waals surface area contributed by atoms with Crippen LogP contribution < -0.4 is 5.32 Å². The van der Waals surface area contributed by atoms with E-state index in [9.17, 15) is 9.18 Å². The van der Waals surface area contributed by atoms with E-state index < -0.39 is 6.04 Å². The minimum Gasteiger partial charge on any atom is -0.338 e. The Bertz CT molecular complexity index is 1310. The fraction of sp³-hybridized carbons (Fsp3) is 0.259. The third kappa shape index (κ3) is 3.77. The molecule has 0 bridgehead atoms. The molecule has 6 nitrogen and oxygen atoms in total. The van der Waals surface area contributed by atoms with E-state index in [-0.39, 0.29) is 11.8 Å². The Balaban J connectivity index is 1.75. The zero-order chi connectivity index (χ0) is 23.7. The molecule has 174 valence electrons. The van der Waals surface area contributed by atoms with Crippen LogP contribution in [0.1, 0.15) is 48.8 Å². The molecule has 1 atom stereocenters. The summed E-state index contributed by atoms with van der Waals surface area (Å²) in [5.41, 5.74) is 4.50. The van der Waals surface area contributed by atoms with Crippen LogP contribution >= 0.6 is 0 Å². The fourth-order valence-corrected chi connectivity index (χ4v) is 4.71. The lowest BCUT2D eigenvalue weighted by Crippen LogP contribution is -2.42. The van der Waals surface area contributed by atoms with Gasteiger partial charge in [-0.1, -0.05) is 44.2 Å². The van der Waals surface area contributed by atoms with E-state index in [2.05, 4.69) is 16.8 Å². The molecule has 5 rings (SSSR count). The van der Waals surface area contributed by atoms with Crippen molar-refractivity contribution in [1.29, 1.82) is 0 Å². The van der Waals surface area contributed by atoms with Crippen molar-refractivity contribution in [2.24, 2.45) is 0 Å². The number of carbonyl (C=O) groups is 1. The van der Waals surface area contributed by atoms with Crippen LogP contribution in [0.3, 0.4) is 0 Å². The number of rotatable bonds is 5. The number of nitrogens with one attached hydrogen (secondary N) is 1. The van der Waals surface area contributed by atoms with Crippen LogP contribution in [0.25, 0.3) is 11.5 Å². The first-order valence-corrected chi connectivity index (χ1v) is 11.8. The van der Waals surface area contributed by atoms with Gasteiger partial charge in [0.15, 0.2) is 0 Å². The number of aromatic nitrogens is 3. The second-order valence-corrected chi connectivity index (χ2v) is 8.47. The highest BCUT2D eigenvalue weighted by Crippen LogP contribution is 2.38. The zero-order valence-electron chi connectivity index (χ0n) is 19.4. The van der Waals surface area contributed by atoms with Gasteiger partial charge in [-0.25, -0.2) is 13.9 Å². The summed E-state index contributed by atoms with van der Waals surface area (Å²) in [6, 6.07) is 19.9. The molecule has 1 aliphatic heterocycles. The summed E-state index contributed by atoms with van der Waals surface area (Å²) in [6.45, 7) is 5.03. The number of nitrogens with zero attached hydrogens (tertiary/aromatic N) is 4. The molecule has 0 radical (unpaired) electrons. The third-order valence-electron chi connectivity index (χ3n) is 6.26. The maximum Gasteiger partial charge on any atom is 0.318 e. The van der Waals surface area contributed by atoms with Gasteiger partial charge in [-0.3, -0.25) is 0 Å². The summed E-state index contributed by atoms with van der Waals surface area (Å²) in [4.78, 5) is 15.3. The molecule has 2 aromatic heterocycles. The molecule has 2 aromatic carbocycles. The van der Waals surface area contributed by atoms with Crippen LogP contribution in [0.2, 0.25) is 0 Å². The van der Waals surface area contributed by atoms with Crippen molar-refractivity contribution in [3.63, 3.8) is 0 Å². The maximum absolute atomic E-state index is 14.3. The highest BCUT2D eigenvalue weighted by atomic mass is 19.1. The van der Waals surface area contributed by atoms with Crippen molar-refractivity contribution >= 4 is 6.03 Å². The predicted octanol–water partition coefficient (Wildman–Crippen LogP) is 5.39. The van der Waals surface area contributed by atoms with Gasteiger partial charge in [0.2, 0.25) is 0 Å².